The third-order valence-corrected chi connectivity index (χ3v) is 4.50. The highest BCUT2D eigenvalue weighted by atomic mass is 79.9. The van der Waals surface area contributed by atoms with E-state index in [1.807, 2.05) is 19.2 Å². The summed E-state index contributed by atoms with van der Waals surface area (Å²) in [6, 6.07) is 7.72. The molecule has 1 heterocycles. The van der Waals surface area contributed by atoms with Gasteiger partial charge in [0.1, 0.15) is 0 Å². The molecule has 1 aromatic heterocycles. The summed E-state index contributed by atoms with van der Waals surface area (Å²) >= 11 is 5.04. The lowest BCUT2D eigenvalue weighted by Gasteiger charge is -2.07. The van der Waals surface area contributed by atoms with Crippen LogP contribution >= 0.6 is 27.7 Å². The number of aromatic nitrogens is 2. The Morgan fingerprint density at radius 3 is 2.86 bits per heavy atom. The highest BCUT2D eigenvalue weighted by Gasteiger charge is 2.06. The molecule has 0 spiro atoms. The van der Waals surface area contributed by atoms with Gasteiger partial charge in [0.15, 0.2) is 5.16 Å². The summed E-state index contributed by atoms with van der Waals surface area (Å²) in [5, 5.41) is 3.76. The van der Waals surface area contributed by atoms with Crippen molar-refractivity contribution in [1.29, 1.82) is 0 Å². The number of halogens is 1. The van der Waals surface area contributed by atoms with Gasteiger partial charge < -0.3 is 10.3 Å². The molecule has 2 N–H and O–H groups in total. The van der Waals surface area contributed by atoms with E-state index in [-0.39, 0.29) is 5.56 Å². The van der Waals surface area contributed by atoms with Gasteiger partial charge in [-0.1, -0.05) is 47.1 Å². The second kappa shape index (κ2) is 7.77. The van der Waals surface area contributed by atoms with Gasteiger partial charge in [0.2, 0.25) is 0 Å². The van der Waals surface area contributed by atoms with E-state index in [2.05, 4.69) is 44.2 Å². The van der Waals surface area contributed by atoms with E-state index in [4.69, 9.17) is 0 Å². The van der Waals surface area contributed by atoms with Crippen LogP contribution in [-0.4, -0.2) is 17.0 Å². The Bertz CT molecular complexity index is 672. The minimum atomic E-state index is -0.0955. The van der Waals surface area contributed by atoms with Crippen molar-refractivity contribution in [3.05, 3.63) is 50.3 Å². The van der Waals surface area contributed by atoms with Gasteiger partial charge in [-0.3, -0.25) is 4.79 Å². The number of aryl methyl sites for hydroxylation is 1. The topological polar surface area (TPSA) is 57.8 Å². The zero-order valence-electron chi connectivity index (χ0n) is 12.1. The van der Waals surface area contributed by atoms with Crippen LogP contribution in [0.4, 0.5) is 0 Å². The lowest BCUT2D eigenvalue weighted by atomic mass is 10.2. The molecule has 0 atom stereocenters. The van der Waals surface area contributed by atoms with E-state index in [0.717, 1.165) is 34.4 Å². The van der Waals surface area contributed by atoms with Crippen LogP contribution in [-0.2, 0) is 13.0 Å². The Balaban J connectivity index is 2.21. The van der Waals surface area contributed by atoms with Crippen molar-refractivity contribution in [2.24, 2.45) is 0 Å². The van der Waals surface area contributed by atoms with Gasteiger partial charge in [0.25, 0.3) is 5.56 Å². The summed E-state index contributed by atoms with van der Waals surface area (Å²) in [7, 11) is 1.92. The molecule has 1 aromatic carbocycles. The van der Waals surface area contributed by atoms with Gasteiger partial charge in [-0.25, -0.2) is 4.98 Å². The highest BCUT2D eigenvalue weighted by Crippen LogP contribution is 2.28. The number of rotatable bonds is 6. The maximum absolute atomic E-state index is 11.7. The summed E-state index contributed by atoms with van der Waals surface area (Å²) in [5.41, 5.74) is 1.94. The molecule has 21 heavy (non-hydrogen) atoms. The molecule has 0 aliphatic carbocycles. The Hall–Kier alpha value is -1.11. The van der Waals surface area contributed by atoms with Crippen molar-refractivity contribution in [2.75, 3.05) is 7.05 Å². The number of aromatic amines is 1. The van der Waals surface area contributed by atoms with Crippen LogP contribution in [0.25, 0.3) is 0 Å². The van der Waals surface area contributed by atoms with Crippen LogP contribution < -0.4 is 10.9 Å². The van der Waals surface area contributed by atoms with Crippen LogP contribution in [0.2, 0.25) is 0 Å². The standard InChI is InChI=1S/C15H18BrN3OS/c1-3-4-11-7-14(20)19-15(18-11)21-12-6-5-10(9-17-2)13(16)8-12/h5-8,17H,3-4,9H2,1-2H3,(H,18,19,20). The van der Waals surface area contributed by atoms with E-state index in [0.29, 0.717) is 5.16 Å². The van der Waals surface area contributed by atoms with E-state index in [1.54, 1.807) is 6.07 Å². The molecule has 4 nitrogen and oxygen atoms in total. The first kappa shape index (κ1) is 16.3. The molecule has 2 rings (SSSR count). The van der Waals surface area contributed by atoms with Crippen LogP contribution in [0, 0.1) is 0 Å². The van der Waals surface area contributed by atoms with Crippen molar-refractivity contribution < 1.29 is 0 Å². The number of hydrogen-bond donors (Lipinski definition) is 2. The van der Waals surface area contributed by atoms with E-state index in [9.17, 15) is 4.79 Å². The number of nitrogens with one attached hydrogen (secondary N) is 2. The minimum absolute atomic E-state index is 0.0955. The average Bonchev–Trinajstić information content (AvgIpc) is 2.42. The molecular weight excluding hydrogens is 350 g/mol. The number of benzene rings is 1. The molecule has 0 amide bonds. The van der Waals surface area contributed by atoms with Gasteiger partial charge in [-0.05, 0) is 31.2 Å². The fraction of sp³-hybridized carbons (Fsp3) is 0.333. The molecule has 6 heteroatoms. The number of hydrogen-bond acceptors (Lipinski definition) is 4. The lowest BCUT2D eigenvalue weighted by Crippen LogP contribution is -2.09. The molecule has 0 aliphatic heterocycles. The predicted octanol–water partition coefficient (Wildman–Crippen LogP) is 3.36. The van der Waals surface area contributed by atoms with E-state index >= 15 is 0 Å². The van der Waals surface area contributed by atoms with Crippen LogP contribution in [0.15, 0.2) is 43.6 Å². The maximum Gasteiger partial charge on any atom is 0.251 e. The first-order valence-corrected chi connectivity index (χ1v) is 8.44. The number of H-pyrrole nitrogens is 1. The maximum atomic E-state index is 11.7. The molecule has 0 fully saturated rings. The Morgan fingerprint density at radius 1 is 1.38 bits per heavy atom. The van der Waals surface area contributed by atoms with Gasteiger partial charge in [-0.2, -0.15) is 0 Å². The normalized spacial score (nSPS) is 10.8. The third kappa shape index (κ3) is 4.69. The zero-order valence-corrected chi connectivity index (χ0v) is 14.5. The summed E-state index contributed by atoms with van der Waals surface area (Å²) < 4.78 is 1.05. The van der Waals surface area contributed by atoms with Crippen molar-refractivity contribution in [3.8, 4) is 0 Å². The monoisotopic (exact) mass is 367 g/mol. The van der Waals surface area contributed by atoms with Crippen molar-refractivity contribution in [2.45, 2.75) is 36.4 Å². The van der Waals surface area contributed by atoms with E-state index in [1.165, 1.54) is 17.3 Å². The quantitative estimate of drug-likeness (QED) is 0.768. The number of nitrogens with zero attached hydrogens (tertiary/aromatic N) is 1. The van der Waals surface area contributed by atoms with Crippen molar-refractivity contribution in [3.63, 3.8) is 0 Å². The molecule has 0 bridgehead atoms. The lowest BCUT2D eigenvalue weighted by molar-refractivity contribution is 0.811. The predicted molar refractivity (Wildman–Crippen MR) is 89.9 cm³/mol. The fourth-order valence-corrected chi connectivity index (χ4v) is 3.47. The second-order valence-electron chi connectivity index (χ2n) is 4.68. The Labute approximate surface area is 136 Å². The zero-order chi connectivity index (χ0) is 15.2. The van der Waals surface area contributed by atoms with Crippen LogP contribution in [0.5, 0.6) is 0 Å². The molecule has 0 saturated carbocycles. The van der Waals surface area contributed by atoms with Crippen molar-refractivity contribution in [1.82, 2.24) is 15.3 Å². The third-order valence-electron chi connectivity index (χ3n) is 2.89. The van der Waals surface area contributed by atoms with Crippen LogP contribution in [0.3, 0.4) is 0 Å². The molecule has 2 aromatic rings. The SMILES string of the molecule is CCCc1cc(=O)[nH]c(Sc2ccc(CNC)c(Br)c2)n1. The van der Waals surface area contributed by atoms with Crippen molar-refractivity contribution >= 4 is 27.7 Å². The summed E-state index contributed by atoms with van der Waals surface area (Å²) in [6.45, 7) is 2.89. The summed E-state index contributed by atoms with van der Waals surface area (Å²) in [5.74, 6) is 0. The van der Waals surface area contributed by atoms with Gasteiger partial charge in [0.05, 0.1) is 0 Å². The van der Waals surface area contributed by atoms with E-state index < -0.39 is 0 Å². The second-order valence-corrected chi connectivity index (χ2v) is 6.59. The van der Waals surface area contributed by atoms with Gasteiger partial charge in [0, 0.05) is 27.7 Å². The molecule has 0 aliphatic rings. The summed E-state index contributed by atoms with van der Waals surface area (Å²) in [4.78, 5) is 20.0. The first-order valence-electron chi connectivity index (χ1n) is 6.83. The Morgan fingerprint density at radius 2 is 2.19 bits per heavy atom. The largest absolute Gasteiger partial charge is 0.316 e. The molecule has 0 radical (unpaired) electrons. The molecular formula is C15H18BrN3OS. The Kier molecular flexibility index (Phi) is 6.02. The van der Waals surface area contributed by atoms with Gasteiger partial charge in [-0.15, -0.1) is 0 Å². The highest BCUT2D eigenvalue weighted by molar-refractivity contribution is 9.10. The van der Waals surface area contributed by atoms with Gasteiger partial charge >= 0.3 is 0 Å². The minimum Gasteiger partial charge on any atom is -0.316 e. The molecule has 0 saturated heterocycles. The fourth-order valence-electron chi connectivity index (χ4n) is 1.95. The molecule has 112 valence electrons. The average molecular weight is 368 g/mol. The summed E-state index contributed by atoms with van der Waals surface area (Å²) in [6.07, 6.45) is 1.80. The molecule has 0 unspecified atom stereocenters. The smallest absolute Gasteiger partial charge is 0.251 e. The van der Waals surface area contributed by atoms with Crippen LogP contribution in [0.1, 0.15) is 24.6 Å². The first-order chi connectivity index (χ1) is 10.1.